The Bertz CT molecular complexity index is 1350. The average Bonchev–Trinajstić information content (AvgIpc) is 3.16. The van der Waals surface area contributed by atoms with Crippen LogP contribution in [0.15, 0.2) is 0 Å². The predicted octanol–water partition coefficient (Wildman–Crippen LogP) is -10.3. The molecule has 4 aliphatic rings. The molecule has 2 amide bonds. The maximum Gasteiger partial charge on any atom is 0.364 e. The van der Waals surface area contributed by atoms with Crippen LogP contribution in [0.1, 0.15) is 20.3 Å². The molecule has 0 aromatic carbocycles. The van der Waals surface area contributed by atoms with Gasteiger partial charge in [0.25, 0.3) is 5.79 Å². The van der Waals surface area contributed by atoms with Crippen LogP contribution in [0.25, 0.3) is 0 Å². The van der Waals surface area contributed by atoms with E-state index in [-0.39, 0.29) is 0 Å². The molecule has 0 saturated carbocycles. The van der Waals surface area contributed by atoms with Gasteiger partial charge in [-0.25, -0.2) is 4.79 Å². The van der Waals surface area contributed by atoms with Gasteiger partial charge in [0.2, 0.25) is 11.8 Å². The zero-order chi connectivity index (χ0) is 42.7. The van der Waals surface area contributed by atoms with E-state index in [0.29, 0.717) is 0 Å². The minimum atomic E-state index is -3.12. The van der Waals surface area contributed by atoms with E-state index >= 15 is 0 Å². The maximum atomic E-state index is 12.8. The molecule has 0 radical (unpaired) electrons. The smallest absolute Gasteiger partial charge is 0.364 e. The second-order valence-electron chi connectivity index (χ2n) is 14.0. The Labute approximate surface area is 322 Å². The summed E-state index contributed by atoms with van der Waals surface area (Å²) in [5.74, 6) is -6.74. The number of carboxylic acids is 1. The molecule has 4 aliphatic heterocycles. The molecule has 4 saturated heterocycles. The summed E-state index contributed by atoms with van der Waals surface area (Å²) in [6.45, 7) is -1.94. The van der Waals surface area contributed by atoms with E-state index in [1.807, 2.05) is 0 Å². The highest BCUT2D eigenvalue weighted by atomic mass is 16.8. The molecule has 0 bridgehead atoms. The summed E-state index contributed by atoms with van der Waals surface area (Å²) in [6, 6.07) is -3.30. The largest absolute Gasteiger partial charge is 0.477 e. The number of rotatable bonds is 15. The third-order valence-electron chi connectivity index (χ3n) is 9.98. The van der Waals surface area contributed by atoms with Gasteiger partial charge >= 0.3 is 5.97 Å². The summed E-state index contributed by atoms with van der Waals surface area (Å²) in [7, 11) is 0. The topological polar surface area (TPSA) is 423 Å². The van der Waals surface area contributed by atoms with E-state index in [0.717, 1.165) is 13.8 Å². The van der Waals surface area contributed by atoms with E-state index in [1.165, 1.54) is 0 Å². The Hall–Kier alpha value is -2.39. The lowest BCUT2D eigenvalue weighted by atomic mass is 9.88. The molecular weight excluding hydrogens is 784 g/mol. The van der Waals surface area contributed by atoms with Gasteiger partial charge in [0.1, 0.15) is 91.5 Å². The number of hydrogen-bond donors (Lipinski definition) is 16. The molecule has 4 rings (SSSR count). The molecule has 21 atom stereocenters. The van der Waals surface area contributed by atoms with E-state index in [9.17, 15) is 85.9 Å². The van der Waals surface area contributed by atoms with Gasteiger partial charge in [-0.2, -0.15) is 0 Å². The highest BCUT2D eigenvalue weighted by molar-refractivity contribution is 5.76. The Morgan fingerprint density at radius 3 is 1.77 bits per heavy atom. The van der Waals surface area contributed by atoms with Crippen LogP contribution in [0.4, 0.5) is 0 Å². The number of aliphatic hydroxyl groups excluding tert-OH is 13. The standard InChI is InChI=1S/C31H52N2O24/c1-8(38)32-15-10(40)3-31(30(49)50,56-24(15)17(42)11(41)4-34)57-25-19(44)13(6-36)52-29(22(25)47)54-23-14(7-37)53-28(16(20(23)45)33-9(2)39)55-26-21(46)18(43)12(5-35)51-27(26)48/h10-29,34-37,40-48H,3-7H2,1-2H3,(H,32,38)(H,33,39)(H,49,50)/t10-,11+,12+,13+,14+,15+,16+,17+,18+,19-,20+,21-,22+,23+,24+,25-,26-,27+,28-,29-,31?/m0/s1. The lowest BCUT2D eigenvalue weighted by molar-refractivity contribution is -0.387. The molecule has 57 heavy (non-hydrogen) atoms. The van der Waals surface area contributed by atoms with Crippen molar-refractivity contribution in [1.82, 2.24) is 10.6 Å². The van der Waals surface area contributed by atoms with Crippen LogP contribution in [0, 0.1) is 0 Å². The van der Waals surface area contributed by atoms with Gasteiger partial charge in [-0.3, -0.25) is 9.59 Å². The Morgan fingerprint density at radius 2 is 1.23 bits per heavy atom. The molecule has 0 aliphatic carbocycles. The zero-order valence-electron chi connectivity index (χ0n) is 30.4. The van der Waals surface area contributed by atoms with E-state index in [1.54, 1.807) is 0 Å². The molecule has 330 valence electrons. The van der Waals surface area contributed by atoms with Crippen molar-refractivity contribution in [3.8, 4) is 0 Å². The van der Waals surface area contributed by atoms with Gasteiger partial charge in [-0.1, -0.05) is 0 Å². The SMILES string of the molecule is CC(=O)N[C@H]1[C@H](O[C@H]2[C@@H](O)[C@H](O)[C@@H](CO)O[C@H]2O)O[C@H](CO)[C@@H](O[C@@H]2O[C@H](CO)[C@H](O)[C@H](OC3(C(=O)O)C[C@H](O)[C@@H](NC(C)=O)[C@H]([C@H](O)[C@H](O)CO)O3)[C@H]2O)[C@@H]1O. The van der Waals surface area contributed by atoms with Crippen molar-refractivity contribution in [2.45, 2.75) is 149 Å². The minimum absolute atomic E-state index is 0.787. The fourth-order valence-electron chi connectivity index (χ4n) is 7.04. The van der Waals surface area contributed by atoms with Gasteiger partial charge in [-0.15, -0.1) is 0 Å². The van der Waals surface area contributed by atoms with Gasteiger partial charge < -0.3 is 115 Å². The van der Waals surface area contributed by atoms with Crippen molar-refractivity contribution < 1.29 is 119 Å². The molecule has 0 aromatic rings. The molecule has 4 heterocycles. The number of amides is 2. The average molecular weight is 837 g/mol. The summed E-state index contributed by atoms with van der Waals surface area (Å²) in [5.41, 5.74) is 0. The van der Waals surface area contributed by atoms with E-state index in [4.69, 9.17) is 33.2 Å². The quantitative estimate of drug-likeness (QED) is 0.0728. The first-order valence-electron chi connectivity index (χ1n) is 17.7. The van der Waals surface area contributed by atoms with Crippen LogP contribution < -0.4 is 10.6 Å². The second kappa shape index (κ2) is 19.8. The van der Waals surface area contributed by atoms with Crippen molar-refractivity contribution in [3.05, 3.63) is 0 Å². The van der Waals surface area contributed by atoms with Crippen molar-refractivity contribution in [2.24, 2.45) is 0 Å². The highest BCUT2D eigenvalue weighted by Gasteiger charge is 2.60. The zero-order valence-corrected chi connectivity index (χ0v) is 30.4. The van der Waals surface area contributed by atoms with Crippen LogP contribution in [-0.4, -0.2) is 244 Å². The number of nitrogens with one attached hydrogen (secondary N) is 2. The van der Waals surface area contributed by atoms with Crippen LogP contribution >= 0.6 is 0 Å². The van der Waals surface area contributed by atoms with E-state index < -0.39 is 179 Å². The minimum Gasteiger partial charge on any atom is -0.477 e. The predicted molar refractivity (Wildman–Crippen MR) is 174 cm³/mol. The number of hydrogen-bond acceptors (Lipinski definition) is 23. The van der Waals surface area contributed by atoms with Gasteiger partial charge in [0, 0.05) is 20.3 Å². The molecular formula is C31H52N2O24. The molecule has 0 aromatic heterocycles. The Kier molecular flexibility index (Phi) is 16.4. The number of carbonyl (C=O) groups excluding carboxylic acids is 2. The van der Waals surface area contributed by atoms with Crippen molar-refractivity contribution >= 4 is 17.8 Å². The monoisotopic (exact) mass is 836 g/mol. The normalized spacial score (nSPS) is 45.1. The second-order valence-corrected chi connectivity index (χ2v) is 14.0. The first-order valence-corrected chi connectivity index (χ1v) is 17.7. The number of carbonyl (C=O) groups is 3. The van der Waals surface area contributed by atoms with Gasteiger partial charge in [0.05, 0.1) is 38.6 Å². The molecule has 1 unspecified atom stereocenters. The summed E-state index contributed by atoms with van der Waals surface area (Å²) in [4.78, 5) is 36.9. The third kappa shape index (κ3) is 10.2. The number of ether oxygens (including phenoxy) is 7. The fourth-order valence-corrected chi connectivity index (χ4v) is 7.04. The van der Waals surface area contributed by atoms with Crippen LogP contribution in [0.2, 0.25) is 0 Å². The van der Waals surface area contributed by atoms with Crippen molar-refractivity contribution in [1.29, 1.82) is 0 Å². The van der Waals surface area contributed by atoms with Crippen molar-refractivity contribution in [3.63, 3.8) is 0 Å². The highest BCUT2D eigenvalue weighted by Crippen LogP contribution is 2.38. The summed E-state index contributed by atoms with van der Waals surface area (Å²) >= 11 is 0. The lowest BCUT2D eigenvalue weighted by Crippen LogP contribution is -2.71. The molecule has 4 fully saturated rings. The van der Waals surface area contributed by atoms with Gasteiger partial charge in [0.15, 0.2) is 18.9 Å². The number of carboxylic acid groups (broad SMARTS) is 1. The van der Waals surface area contributed by atoms with E-state index in [2.05, 4.69) is 10.6 Å². The molecule has 26 heteroatoms. The maximum absolute atomic E-state index is 12.8. The number of aliphatic carboxylic acids is 1. The lowest BCUT2D eigenvalue weighted by Gasteiger charge is -2.51. The molecule has 16 N–H and O–H groups in total. The first-order chi connectivity index (χ1) is 26.7. The fraction of sp³-hybridized carbons (Fsp3) is 0.903. The van der Waals surface area contributed by atoms with Crippen LogP contribution in [0.3, 0.4) is 0 Å². The van der Waals surface area contributed by atoms with Crippen LogP contribution in [0.5, 0.6) is 0 Å². The molecule has 26 nitrogen and oxygen atoms in total. The Morgan fingerprint density at radius 1 is 0.684 bits per heavy atom. The Balaban J connectivity index is 1.62. The summed E-state index contributed by atoms with van der Waals surface area (Å²) in [5, 5.41) is 151. The van der Waals surface area contributed by atoms with Gasteiger partial charge in [-0.05, 0) is 0 Å². The van der Waals surface area contributed by atoms with Crippen LogP contribution in [-0.2, 0) is 47.5 Å². The van der Waals surface area contributed by atoms with Crippen molar-refractivity contribution in [2.75, 3.05) is 26.4 Å². The number of aliphatic hydroxyl groups is 13. The summed E-state index contributed by atoms with van der Waals surface area (Å²) in [6.07, 6.45) is -36.1. The summed E-state index contributed by atoms with van der Waals surface area (Å²) < 4.78 is 38.9. The first kappa shape index (κ1) is 47.3. The molecule has 0 spiro atoms. The third-order valence-corrected chi connectivity index (χ3v) is 9.98.